The number of aryl methyl sites for hydroxylation is 1. The largest absolute Gasteiger partial charge is 0.508 e. The Hall–Kier alpha value is -1.58. The van der Waals surface area contributed by atoms with Gasteiger partial charge in [-0.1, -0.05) is 18.2 Å². The average Bonchev–Trinajstić information content (AvgIpc) is 2.49. The first-order chi connectivity index (χ1) is 10.9. The third-order valence-corrected chi connectivity index (χ3v) is 5.95. The van der Waals surface area contributed by atoms with Gasteiger partial charge in [-0.2, -0.15) is 0 Å². The highest BCUT2D eigenvalue weighted by Gasteiger charge is 2.54. The second-order valence-electron chi connectivity index (χ2n) is 7.25. The van der Waals surface area contributed by atoms with Crippen molar-refractivity contribution in [1.82, 2.24) is 0 Å². The second-order valence-corrected chi connectivity index (χ2v) is 7.25. The Balaban J connectivity index is 2.06. The molecule has 0 heterocycles. The summed E-state index contributed by atoms with van der Waals surface area (Å²) in [5.41, 5.74) is 1.08. The maximum atomic E-state index is 10.9. The topological polar surface area (TPSA) is 60.7 Å². The minimum Gasteiger partial charge on any atom is -0.508 e. The summed E-state index contributed by atoms with van der Waals surface area (Å²) >= 11 is 0. The lowest BCUT2D eigenvalue weighted by Crippen LogP contribution is -2.57. The van der Waals surface area contributed by atoms with Crippen LogP contribution in [0.15, 0.2) is 43.5 Å². The highest BCUT2D eigenvalue weighted by Crippen LogP contribution is 2.55. The van der Waals surface area contributed by atoms with Gasteiger partial charge in [-0.25, -0.2) is 0 Å². The van der Waals surface area contributed by atoms with E-state index in [0.717, 1.165) is 24.8 Å². The van der Waals surface area contributed by atoms with Crippen molar-refractivity contribution in [3.8, 4) is 5.75 Å². The Morgan fingerprint density at radius 3 is 2.61 bits per heavy atom. The number of hydrogen-bond donors (Lipinski definition) is 3. The number of aliphatic hydroxyl groups excluding tert-OH is 1. The van der Waals surface area contributed by atoms with E-state index >= 15 is 0 Å². The molecule has 0 radical (unpaired) electrons. The molecule has 0 bridgehead atoms. The summed E-state index contributed by atoms with van der Waals surface area (Å²) in [6.07, 6.45) is 6.97. The molecule has 2 aliphatic rings. The second kappa shape index (κ2) is 5.81. The maximum absolute atomic E-state index is 10.9. The van der Waals surface area contributed by atoms with Gasteiger partial charge in [0.1, 0.15) is 5.75 Å². The lowest BCUT2D eigenvalue weighted by atomic mass is 9.52. The molecule has 1 fully saturated rings. The van der Waals surface area contributed by atoms with Crippen LogP contribution in [0.25, 0.3) is 0 Å². The van der Waals surface area contributed by atoms with E-state index in [2.05, 4.69) is 13.2 Å². The molecule has 0 aliphatic heterocycles. The highest BCUT2D eigenvalue weighted by atomic mass is 16.3. The van der Waals surface area contributed by atoms with Crippen molar-refractivity contribution < 1.29 is 15.3 Å². The monoisotopic (exact) mass is 314 g/mol. The molecule has 0 unspecified atom stereocenters. The van der Waals surface area contributed by atoms with Crippen molar-refractivity contribution in [3.63, 3.8) is 0 Å². The van der Waals surface area contributed by atoms with Gasteiger partial charge in [0.05, 0.1) is 11.7 Å². The Morgan fingerprint density at radius 1 is 1.17 bits per heavy atom. The van der Waals surface area contributed by atoms with Crippen LogP contribution in [0.5, 0.6) is 5.75 Å². The van der Waals surface area contributed by atoms with E-state index in [0.29, 0.717) is 25.2 Å². The molecule has 1 aromatic rings. The highest BCUT2D eigenvalue weighted by molar-refractivity contribution is 5.44. The number of allylic oxidation sites excluding steroid dienone is 1. The van der Waals surface area contributed by atoms with E-state index in [-0.39, 0.29) is 11.2 Å². The van der Waals surface area contributed by atoms with Gasteiger partial charge in [0.2, 0.25) is 0 Å². The number of phenols is 1. The molecule has 3 nitrogen and oxygen atoms in total. The van der Waals surface area contributed by atoms with Gasteiger partial charge < -0.3 is 15.3 Å². The SMILES string of the molecule is C=CC[C@@]1(O)C[C@H]2CCc3cc(O)ccc3[C@]2(CC=C)C[C@H]1O. The van der Waals surface area contributed by atoms with Crippen molar-refractivity contribution >= 4 is 0 Å². The zero-order valence-electron chi connectivity index (χ0n) is 13.5. The van der Waals surface area contributed by atoms with E-state index in [1.807, 2.05) is 18.2 Å². The van der Waals surface area contributed by atoms with Gasteiger partial charge in [-0.3, -0.25) is 0 Å². The molecule has 3 N–H and O–H groups in total. The zero-order valence-corrected chi connectivity index (χ0v) is 13.5. The molecule has 2 aliphatic carbocycles. The molecule has 1 aromatic carbocycles. The van der Waals surface area contributed by atoms with Crippen molar-refractivity contribution in [2.24, 2.45) is 5.92 Å². The van der Waals surface area contributed by atoms with Crippen LogP contribution >= 0.6 is 0 Å². The van der Waals surface area contributed by atoms with Crippen molar-refractivity contribution in [2.45, 2.75) is 55.6 Å². The van der Waals surface area contributed by atoms with Crippen LogP contribution in [0, 0.1) is 5.92 Å². The Kier molecular flexibility index (Phi) is 4.11. The van der Waals surface area contributed by atoms with E-state index < -0.39 is 11.7 Å². The van der Waals surface area contributed by atoms with Gasteiger partial charge in [-0.05, 0) is 67.7 Å². The van der Waals surface area contributed by atoms with Gasteiger partial charge >= 0.3 is 0 Å². The van der Waals surface area contributed by atoms with Crippen LogP contribution in [0.4, 0.5) is 0 Å². The standard InChI is InChI=1S/C20H26O3/c1-3-9-19-13-18(22)20(23,10-4-2)12-15(19)6-5-14-11-16(21)7-8-17(14)19/h3-4,7-8,11,15,18,21-23H,1-2,5-6,9-10,12-13H2/t15-,18-,19-,20-/m1/s1. The first-order valence-electron chi connectivity index (χ1n) is 8.40. The van der Waals surface area contributed by atoms with E-state index in [1.54, 1.807) is 12.1 Å². The normalized spacial score (nSPS) is 35.9. The summed E-state index contributed by atoms with van der Waals surface area (Å²) < 4.78 is 0. The molecule has 0 spiro atoms. The number of aliphatic hydroxyl groups is 2. The zero-order chi connectivity index (χ0) is 16.7. The Labute approximate surface area is 138 Å². The van der Waals surface area contributed by atoms with Crippen LogP contribution in [0.1, 0.15) is 43.2 Å². The maximum Gasteiger partial charge on any atom is 0.115 e. The molecule has 23 heavy (non-hydrogen) atoms. The number of aromatic hydroxyl groups is 1. The fourth-order valence-electron chi connectivity index (χ4n) is 4.86. The molecular weight excluding hydrogens is 288 g/mol. The fraction of sp³-hybridized carbons (Fsp3) is 0.500. The predicted molar refractivity (Wildman–Crippen MR) is 91.4 cm³/mol. The molecule has 0 amide bonds. The fourth-order valence-corrected chi connectivity index (χ4v) is 4.86. The van der Waals surface area contributed by atoms with E-state index in [9.17, 15) is 15.3 Å². The average molecular weight is 314 g/mol. The van der Waals surface area contributed by atoms with Crippen molar-refractivity contribution in [2.75, 3.05) is 0 Å². The number of benzene rings is 1. The van der Waals surface area contributed by atoms with Gasteiger partial charge in [0.15, 0.2) is 0 Å². The number of phenolic OH excluding ortho intramolecular Hbond substituents is 1. The predicted octanol–water partition coefficient (Wildman–Crippen LogP) is 3.23. The van der Waals surface area contributed by atoms with Crippen LogP contribution in [-0.2, 0) is 11.8 Å². The molecule has 0 saturated heterocycles. The summed E-state index contributed by atoms with van der Waals surface area (Å²) in [6, 6.07) is 5.56. The number of fused-ring (bicyclic) bond motifs is 3. The van der Waals surface area contributed by atoms with Crippen LogP contribution in [0.3, 0.4) is 0 Å². The summed E-state index contributed by atoms with van der Waals surface area (Å²) in [5, 5.41) is 31.3. The number of hydrogen-bond acceptors (Lipinski definition) is 3. The van der Waals surface area contributed by atoms with E-state index in [4.69, 9.17) is 0 Å². The molecular formula is C20H26O3. The first-order valence-corrected chi connectivity index (χ1v) is 8.40. The summed E-state index contributed by atoms with van der Waals surface area (Å²) in [7, 11) is 0. The third kappa shape index (κ3) is 2.52. The molecule has 1 saturated carbocycles. The van der Waals surface area contributed by atoms with Gasteiger partial charge in [-0.15, -0.1) is 13.2 Å². The molecule has 3 heteroatoms. The minimum atomic E-state index is -1.08. The molecule has 4 atom stereocenters. The van der Waals surface area contributed by atoms with Gasteiger partial charge in [0.25, 0.3) is 0 Å². The van der Waals surface area contributed by atoms with Gasteiger partial charge in [0, 0.05) is 5.41 Å². The van der Waals surface area contributed by atoms with Crippen molar-refractivity contribution in [1.29, 1.82) is 0 Å². The molecule has 0 aromatic heterocycles. The first kappa shape index (κ1) is 16.3. The smallest absolute Gasteiger partial charge is 0.115 e. The van der Waals surface area contributed by atoms with Crippen LogP contribution < -0.4 is 0 Å². The third-order valence-electron chi connectivity index (χ3n) is 5.95. The van der Waals surface area contributed by atoms with Crippen molar-refractivity contribution in [3.05, 3.63) is 54.6 Å². The molecule has 124 valence electrons. The minimum absolute atomic E-state index is 0.199. The Bertz CT molecular complexity index is 623. The lowest BCUT2D eigenvalue weighted by molar-refractivity contribution is -0.137. The van der Waals surface area contributed by atoms with Crippen LogP contribution in [-0.4, -0.2) is 27.0 Å². The summed E-state index contributed by atoms with van der Waals surface area (Å²) in [4.78, 5) is 0. The molecule has 3 rings (SSSR count). The van der Waals surface area contributed by atoms with Crippen LogP contribution in [0.2, 0.25) is 0 Å². The number of rotatable bonds is 4. The summed E-state index contributed by atoms with van der Waals surface area (Å²) in [6.45, 7) is 7.64. The quantitative estimate of drug-likeness (QED) is 0.748. The summed E-state index contributed by atoms with van der Waals surface area (Å²) in [5.74, 6) is 0.585. The Morgan fingerprint density at radius 2 is 1.91 bits per heavy atom. The van der Waals surface area contributed by atoms with E-state index in [1.165, 1.54) is 5.56 Å². The lowest BCUT2D eigenvalue weighted by Gasteiger charge is -2.55.